The highest BCUT2D eigenvalue weighted by molar-refractivity contribution is 7.89. The summed E-state index contributed by atoms with van der Waals surface area (Å²) in [5, 5.41) is 7.08. The molecule has 10 heteroatoms. The molecule has 2 amide bonds. The van der Waals surface area contributed by atoms with E-state index in [0.717, 1.165) is 6.42 Å². The molecule has 1 atom stereocenters. The maximum Gasteiger partial charge on any atom is 0.317 e. The van der Waals surface area contributed by atoms with Gasteiger partial charge in [-0.2, -0.15) is 15.6 Å². The summed E-state index contributed by atoms with van der Waals surface area (Å²) in [5.41, 5.74) is 1.19. The summed E-state index contributed by atoms with van der Waals surface area (Å²) >= 11 is 1.63. The predicted molar refractivity (Wildman–Crippen MR) is 116 cm³/mol. The van der Waals surface area contributed by atoms with Gasteiger partial charge in [0.15, 0.2) is 11.5 Å². The molecule has 1 saturated heterocycles. The SMILES string of the molecule is COc1ccc(S(=O)(=O)N2CCN(C(=O)NC(C)Cc3ccsc3)CC2)cc1OC. The molecule has 3 rings (SSSR count). The lowest BCUT2D eigenvalue weighted by Crippen LogP contribution is -2.54. The normalized spacial score (nSPS) is 16.2. The van der Waals surface area contributed by atoms with E-state index in [0.29, 0.717) is 24.6 Å². The summed E-state index contributed by atoms with van der Waals surface area (Å²) in [6, 6.07) is 6.41. The summed E-state index contributed by atoms with van der Waals surface area (Å²) in [4.78, 5) is 14.3. The van der Waals surface area contributed by atoms with Gasteiger partial charge in [-0.15, -0.1) is 0 Å². The number of amides is 2. The fraction of sp³-hybridized carbons (Fsp3) is 0.450. The van der Waals surface area contributed by atoms with Gasteiger partial charge in [-0.25, -0.2) is 13.2 Å². The first-order valence-electron chi connectivity index (χ1n) is 9.64. The first-order chi connectivity index (χ1) is 14.3. The molecule has 8 nitrogen and oxygen atoms in total. The molecule has 1 aliphatic rings. The molecular formula is C20H27N3O5S2. The van der Waals surface area contributed by atoms with Crippen LogP contribution >= 0.6 is 11.3 Å². The lowest BCUT2D eigenvalue weighted by molar-refractivity contribution is 0.169. The zero-order valence-corrected chi connectivity index (χ0v) is 19.0. The van der Waals surface area contributed by atoms with Crippen molar-refractivity contribution in [1.29, 1.82) is 0 Å². The Labute approximate surface area is 181 Å². The average molecular weight is 454 g/mol. The minimum Gasteiger partial charge on any atom is -0.493 e. The molecular weight excluding hydrogens is 426 g/mol. The highest BCUT2D eigenvalue weighted by Gasteiger charge is 2.31. The monoisotopic (exact) mass is 453 g/mol. The molecule has 1 unspecified atom stereocenters. The number of benzene rings is 1. The minimum atomic E-state index is -3.69. The van der Waals surface area contributed by atoms with Gasteiger partial charge in [-0.05, 0) is 47.9 Å². The van der Waals surface area contributed by atoms with Crippen molar-refractivity contribution in [1.82, 2.24) is 14.5 Å². The largest absolute Gasteiger partial charge is 0.493 e. The Kier molecular flexibility index (Phi) is 7.22. The van der Waals surface area contributed by atoms with Crippen molar-refractivity contribution in [2.75, 3.05) is 40.4 Å². The van der Waals surface area contributed by atoms with E-state index in [-0.39, 0.29) is 30.1 Å². The Morgan fingerprint density at radius 3 is 2.43 bits per heavy atom. The van der Waals surface area contributed by atoms with E-state index >= 15 is 0 Å². The van der Waals surface area contributed by atoms with Crippen LogP contribution in [0, 0.1) is 0 Å². The van der Waals surface area contributed by atoms with Crippen LogP contribution in [0.15, 0.2) is 39.9 Å². The lowest BCUT2D eigenvalue weighted by atomic mass is 10.1. The van der Waals surface area contributed by atoms with Gasteiger partial charge in [-0.1, -0.05) is 0 Å². The van der Waals surface area contributed by atoms with Gasteiger partial charge in [0.2, 0.25) is 10.0 Å². The Morgan fingerprint density at radius 1 is 1.13 bits per heavy atom. The van der Waals surface area contributed by atoms with Crippen LogP contribution in [0.2, 0.25) is 0 Å². The molecule has 164 valence electrons. The third-order valence-corrected chi connectivity index (χ3v) is 7.64. The van der Waals surface area contributed by atoms with Gasteiger partial charge < -0.3 is 19.7 Å². The second-order valence-corrected chi connectivity index (χ2v) is 9.81. The summed E-state index contributed by atoms with van der Waals surface area (Å²) in [6.45, 7) is 3.12. The van der Waals surface area contributed by atoms with Crippen molar-refractivity contribution < 1.29 is 22.7 Å². The number of nitrogens with zero attached hydrogens (tertiary/aromatic N) is 2. The Balaban J connectivity index is 1.58. The molecule has 1 N–H and O–H groups in total. The standard InChI is InChI=1S/C20H27N3O5S2/c1-15(12-16-6-11-29-14-16)21-20(24)22-7-9-23(10-8-22)30(25,26)17-4-5-18(27-2)19(13-17)28-3/h4-6,11,13-15H,7-10,12H2,1-3H3,(H,21,24). The van der Waals surface area contributed by atoms with Gasteiger partial charge in [0.1, 0.15) is 0 Å². The van der Waals surface area contributed by atoms with E-state index in [2.05, 4.69) is 10.7 Å². The van der Waals surface area contributed by atoms with Crippen molar-refractivity contribution in [3.05, 3.63) is 40.6 Å². The number of piperazine rings is 1. The van der Waals surface area contributed by atoms with Crippen LogP contribution in [0.25, 0.3) is 0 Å². The molecule has 0 spiro atoms. The van der Waals surface area contributed by atoms with Gasteiger partial charge >= 0.3 is 6.03 Å². The molecule has 30 heavy (non-hydrogen) atoms. The number of methoxy groups -OCH3 is 2. The summed E-state index contributed by atoms with van der Waals surface area (Å²) in [5.74, 6) is 0.825. The smallest absolute Gasteiger partial charge is 0.317 e. The van der Waals surface area contributed by atoms with Crippen molar-refractivity contribution in [2.45, 2.75) is 24.3 Å². The number of carbonyl (C=O) groups is 1. The first kappa shape index (κ1) is 22.4. The van der Waals surface area contributed by atoms with Crippen molar-refractivity contribution in [3.8, 4) is 11.5 Å². The van der Waals surface area contributed by atoms with Crippen molar-refractivity contribution in [3.63, 3.8) is 0 Å². The Morgan fingerprint density at radius 2 is 1.83 bits per heavy atom. The topological polar surface area (TPSA) is 88.2 Å². The average Bonchev–Trinajstić information content (AvgIpc) is 3.26. The zero-order valence-electron chi connectivity index (χ0n) is 17.3. The van der Waals surface area contributed by atoms with Crippen LogP contribution in [0.4, 0.5) is 4.79 Å². The number of thiophene rings is 1. The van der Waals surface area contributed by atoms with E-state index in [1.807, 2.05) is 18.4 Å². The van der Waals surface area contributed by atoms with Crippen LogP contribution in [0.5, 0.6) is 11.5 Å². The molecule has 2 aromatic rings. The van der Waals surface area contributed by atoms with Crippen LogP contribution in [0.3, 0.4) is 0 Å². The number of nitrogens with one attached hydrogen (secondary N) is 1. The summed E-state index contributed by atoms with van der Waals surface area (Å²) in [6.07, 6.45) is 0.767. The second-order valence-electron chi connectivity index (χ2n) is 7.09. The highest BCUT2D eigenvalue weighted by atomic mass is 32.2. The third kappa shape index (κ3) is 5.05. The molecule has 0 saturated carbocycles. The summed E-state index contributed by atoms with van der Waals surface area (Å²) in [7, 11) is -0.725. The Bertz CT molecular complexity index is 955. The maximum atomic E-state index is 13.0. The number of urea groups is 1. The second kappa shape index (κ2) is 9.67. The number of carbonyl (C=O) groups excluding carboxylic acids is 1. The fourth-order valence-corrected chi connectivity index (χ4v) is 5.49. The number of ether oxygens (including phenoxy) is 2. The molecule has 1 aromatic carbocycles. The van der Waals surface area contributed by atoms with Gasteiger partial charge in [0.05, 0.1) is 19.1 Å². The molecule has 1 fully saturated rings. The van der Waals surface area contributed by atoms with E-state index in [1.165, 1.54) is 36.2 Å². The molecule has 0 radical (unpaired) electrons. The first-order valence-corrected chi connectivity index (χ1v) is 12.0. The third-order valence-electron chi connectivity index (χ3n) is 5.01. The van der Waals surface area contributed by atoms with Gasteiger partial charge in [0.25, 0.3) is 0 Å². The van der Waals surface area contributed by atoms with Crippen LogP contribution in [-0.2, 0) is 16.4 Å². The summed E-state index contributed by atoms with van der Waals surface area (Å²) < 4.78 is 37.8. The maximum absolute atomic E-state index is 13.0. The van der Waals surface area contributed by atoms with E-state index < -0.39 is 10.0 Å². The fourth-order valence-electron chi connectivity index (χ4n) is 3.37. The van der Waals surface area contributed by atoms with Crippen molar-refractivity contribution in [2.24, 2.45) is 0 Å². The molecule has 0 aliphatic carbocycles. The zero-order chi connectivity index (χ0) is 21.7. The van der Waals surface area contributed by atoms with Gasteiger partial charge in [-0.3, -0.25) is 0 Å². The highest BCUT2D eigenvalue weighted by Crippen LogP contribution is 2.30. The van der Waals surface area contributed by atoms with Crippen LogP contribution in [0.1, 0.15) is 12.5 Å². The van der Waals surface area contributed by atoms with E-state index in [4.69, 9.17) is 9.47 Å². The predicted octanol–water partition coefficient (Wildman–Crippen LogP) is 2.41. The molecule has 2 heterocycles. The van der Waals surface area contributed by atoms with Crippen molar-refractivity contribution >= 4 is 27.4 Å². The number of hydrogen-bond donors (Lipinski definition) is 1. The minimum absolute atomic E-state index is 0.000580. The quantitative estimate of drug-likeness (QED) is 0.696. The molecule has 1 aliphatic heterocycles. The number of sulfonamides is 1. The van der Waals surface area contributed by atoms with Crippen LogP contribution < -0.4 is 14.8 Å². The molecule has 0 bridgehead atoms. The Hall–Kier alpha value is -2.30. The number of rotatable bonds is 7. The van der Waals surface area contributed by atoms with Gasteiger partial charge in [0, 0.05) is 38.3 Å². The van der Waals surface area contributed by atoms with E-state index in [1.54, 1.807) is 22.3 Å². The molecule has 1 aromatic heterocycles. The van der Waals surface area contributed by atoms with E-state index in [9.17, 15) is 13.2 Å². The lowest BCUT2D eigenvalue weighted by Gasteiger charge is -2.34. The van der Waals surface area contributed by atoms with Crippen LogP contribution in [-0.4, -0.2) is 70.1 Å². The number of hydrogen-bond acceptors (Lipinski definition) is 6.